The molecule has 0 unspecified atom stereocenters. The third-order valence-electron chi connectivity index (χ3n) is 5.77. The van der Waals surface area contributed by atoms with E-state index in [1.165, 1.54) is 5.56 Å². The first-order chi connectivity index (χ1) is 15.1. The molecule has 3 aromatic rings. The smallest absolute Gasteiger partial charge is 0.123 e. The molecule has 1 aromatic carbocycles. The van der Waals surface area contributed by atoms with E-state index < -0.39 is 0 Å². The molecule has 1 atom stereocenters. The van der Waals surface area contributed by atoms with Crippen LogP contribution < -0.4 is 4.74 Å². The maximum atomic E-state index is 5.92. The summed E-state index contributed by atoms with van der Waals surface area (Å²) in [6.07, 6.45) is 4.44. The maximum absolute atomic E-state index is 5.92. The lowest BCUT2D eigenvalue weighted by Gasteiger charge is -2.25. The van der Waals surface area contributed by atoms with E-state index in [2.05, 4.69) is 52.2 Å². The first-order valence-corrected chi connectivity index (χ1v) is 11.0. The SMILES string of the molecule is COc1ccc(CN(Cc2ccccn2)C[C@@H]2CCCO2)cc1Cn1nc(C)cc1C. The average Bonchev–Trinajstić information content (AvgIpc) is 3.38. The monoisotopic (exact) mass is 420 g/mol. The summed E-state index contributed by atoms with van der Waals surface area (Å²) in [6, 6.07) is 14.7. The first kappa shape index (κ1) is 21.5. The third-order valence-corrected chi connectivity index (χ3v) is 5.77. The number of benzene rings is 1. The second kappa shape index (κ2) is 10.1. The van der Waals surface area contributed by atoms with Crippen molar-refractivity contribution in [2.75, 3.05) is 20.3 Å². The Balaban J connectivity index is 1.54. The Morgan fingerprint density at radius 3 is 2.74 bits per heavy atom. The van der Waals surface area contributed by atoms with Crippen molar-refractivity contribution in [1.82, 2.24) is 19.7 Å². The fourth-order valence-corrected chi connectivity index (χ4v) is 4.29. The van der Waals surface area contributed by atoms with Crippen molar-refractivity contribution in [2.45, 2.75) is 52.4 Å². The number of rotatable bonds is 9. The van der Waals surface area contributed by atoms with Gasteiger partial charge in [-0.15, -0.1) is 0 Å². The second-order valence-corrected chi connectivity index (χ2v) is 8.36. The zero-order chi connectivity index (χ0) is 21.6. The van der Waals surface area contributed by atoms with Crippen molar-refractivity contribution in [3.8, 4) is 5.75 Å². The normalized spacial score (nSPS) is 16.2. The van der Waals surface area contributed by atoms with Crippen LogP contribution in [0, 0.1) is 13.8 Å². The Labute approximate surface area is 184 Å². The lowest BCUT2D eigenvalue weighted by atomic mass is 10.1. The van der Waals surface area contributed by atoms with Gasteiger partial charge < -0.3 is 9.47 Å². The molecule has 1 saturated heterocycles. The molecule has 1 fully saturated rings. The van der Waals surface area contributed by atoms with Crippen LogP contribution in [0.4, 0.5) is 0 Å². The maximum Gasteiger partial charge on any atom is 0.123 e. The highest BCUT2D eigenvalue weighted by Crippen LogP contribution is 2.24. The summed E-state index contributed by atoms with van der Waals surface area (Å²) < 4.78 is 13.6. The van der Waals surface area contributed by atoms with Crippen LogP contribution in [0.1, 0.15) is 41.1 Å². The second-order valence-electron chi connectivity index (χ2n) is 8.36. The number of methoxy groups -OCH3 is 1. The predicted octanol–water partition coefficient (Wildman–Crippen LogP) is 4.13. The van der Waals surface area contributed by atoms with Crippen molar-refractivity contribution < 1.29 is 9.47 Å². The van der Waals surface area contributed by atoms with Gasteiger partial charge in [-0.25, -0.2) is 0 Å². The molecule has 1 aliphatic rings. The van der Waals surface area contributed by atoms with Crippen molar-refractivity contribution in [3.63, 3.8) is 0 Å². The minimum Gasteiger partial charge on any atom is -0.496 e. The van der Waals surface area contributed by atoms with Gasteiger partial charge in [-0.2, -0.15) is 5.10 Å². The van der Waals surface area contributed by atoms with Crippen LogP contribution in [-0.2, 0) is 24.4 Å². The third kappa shape index (κ3) is 5.71. The molecule has 0 spiro atoms. The molecule has 0 saturated carbocycles. The largest absolute Gasteiger partial charge is 0.496 e. The van der Waals surface area contributed by atoms with Gasteiger partial charge in [0.25, 0.3) is 0 Å². The summed E-state index contributed by atoms with van der Waals surface area (Å²) in [6.45, 7) is 8.24. The Hall–Kier alpha value is -2.70. The number of aromatic nitrogens is 3. The fourth-order valence-electron chi connectivity index (χ4n) is 4.29. The molecule has 6 heteroatoms. The van der Waals surface area contributed by atoms with E-state index in [0.29, 0.717) is 12.6 Å². The number of ether oxygens (including phenoxy) is 2. The lowest BCUT2D eigenvalue weighted by Crippen LogP contribution is -2.31. The highest BCUT2D eigenvalue weighted by molar-refractivity contribution is 5.37. The Morgan fingerprint density at radius 2 is 2.06 bits per heavy atom. The molecular formula is C25H32N4O2. The van der Waals surface area contributed by atoms with Gasteiger partial charge in [0.1, 0.15) is 5.75 Å². The van der Waals surface area contributed by atoms with Gasteiger partial charge >= 0.3 is 0 Å². The van der Waals surface area contributed by atoms with E-state index in [-0.39, 0.29) is 0 Å². The molecule has 0 aliphatic carbocycles. The van der Waals surface area contributed by atoms with Gasteiger partial charge in [0, 0.05) is 43.7 Å². The molecule has 164 valence electrons. The summed E-state index contributed by atoms with van der Waals surface area (Å²) in [5.41, 5.74) is 5.66. The van der Waals surface area contributed by atoms with Crippen LogP contribution in [0.3, 0.4) is 0 Å². The molecule has 0 bridgehead atoms. The fraction of sp³-hybridized carbons (Fsp3) is 0.440. The van der Waals surface area contributed by atoms with Gasteiger partial charge in [0.05, 0.1) is 31.1 Å². The lowest BCUT2D eigenvalue weighted by molar-refractivity contribution is 0.0674. The molecule has 0 radical (unpaired) electrons. The first-order valence-electron chi connectivity index (χ1n) is 11.0. The number of hydrogen-bond donors (Lipinski definition) is 0. The van der Waals surface area contributed by atoms with Crippen molar-refractivity contribution in [3.05, 3.63) is 76.9 Å². The highest BCUT2D eigenvalue weighted by Gasteiger charge is 2.20. The summed E-state index contributed by atoms with van der Waals surface area (Å²) in [5, 5.41) is 4.62. The molecule has 1 aliphatic heterocycles. The number of pyridine rings is 1. The van der Waals surface area contributed by atoms with Gasteiger partial charge in [0.2, 0.25) is 0 Å². The van der Waals surface area contributed by atoms with E-state index in [0.717, 1.165) is 67.5 Å². The van der Waals surface area contributed by atoms with Crippen LogP contribution in [-0.4, -0.2) is 46.0 Å². The highest BCUT2D eigenvalue weighted by atomic mass is 16.5. The topological polar surface area (TPSA) is 52.4 Å². The van der Waals surface area contributed by atoms with Gasteiger partial charge in [-0.3, -0.25) is 14.6 Å². The minimum atomic E-state index is 0.302. The molecule has 31 heavy (non-hydrogen) atoms. The molecule has 0 N–H and O–H groups in total. The summed E-state index contributed by atoms with van der Waals surface area (Å²) >= 11 is 0. The number of aryl methyl sites for hydroxylation is 2. The standard InChI is InChI=1S/C25H32N4O2/c1-19-13-20(2)29(27-19)16-22-14-21(9-10-25(22)30-3)15-28(18-24-8-6-12-31-24)17-23-7-4-5-11-26-23/h4-5,7,9-11,13-14,24H,6,8,12,15-18H2,1-3H3/t24-/m0/s1. The molecule has 4 rings (SSSR count). The zero-order valence-electron chi connectivity index (χ0n) is 18.8. The van der Waals surface area contributed by atoms with Crippen molar-refractivity contribution >= 4 is 0 Å². The predicted molar refractivity (Wildman–Crippen MR) is 121 cm³/mol. The molecule has 3 heterocycles. The van der Waals surface area contributed by atoms with Crippen molar-refractivity contribution in [2.24, 2.45) is 0 Å². The Bertz CT molecular complexity index is 980. The van der Waals surface area contributed by atoms with E-state index in [9.17, 15) is 0 Å². The van der Waals surface area contributed by atoms with E-state index in [1.54, 1.807) is 7.11 Å². The van der Waals surface area contributed by atoms with Crippen molar-refractivity contribution in [1.29, 1.82) is 0 Å². The van der Waals surface area contributed by atoms with Crippen LogP contribution in [0.25, 0.3) is 0 Å². The Morgan fingerprint density at radius 1 is 1.16 bits per heavy atom. The van der Waals surface area contributed by atoms with E-state index in [1.807, 2.05) is 29.9 Å². The Kier molecular flexibility index (Phi) is 6.99. The average molecular weight is 421 g/mol. The minimum absolute atomic E-state index is 0.302. The summed E-state index contributed by atoms with van der Waals surface area (Å²) in [7, 11) is 1.73. The van der Waals surface area contributed by atoms with Gasteiger partial charge in [0.15, 0.2) is 0 Å². The van der Waals surface area contributed by atoms with Gasteiger partial charge in [-0.1, -0.05) is 12.1 Å². The molecule has 2 aromatic heterocycles. The number of hydrogen-bond acceptors (Lipinski definition) is 5. The summed E-state index contributed by atoms with van der Waals surface area (Å²) in [5.74, 6) is 0.895. The van der Waals surface area contributed by atoms with Crippen LogP contribution in [0.15, 0.2) is 48.7 Å². The molecular weight excluding hydrogens is 388 g/mol. The van der Waals surface area contributed by atoms with Crippen LogP contribution in [0.5, 0.6) is 5.75 Å². The quantitative estimate of drug-likeness (QED) is 0.521. The molecule has 0 amide bonds. The summed E-state index contributed by atoms with van der Waals surface area (Å²) in [4.78, 5) is 6.97. The van der Waals surface area contributed by atoms with Gasteiger partial charge in [-0.05, 0) is 62.6 Å². The zero-order valence-corrected chi connectivity index (χ0v) is 18.8. The van der Waals surface area contributed by atoms with Crippen LogP contribution >= 0.6 is 0 Å². The van der Waals surface area contributed by atoms with Crippen LogP contribution in [0.2, 0.25) is 0 Å². The van der Waals surface area contributed by atoms with E-state index in [4.69, 9.17) is 9.47 Å². The molecule has 6 nitrogen and oxygen atoms in total. The van der Waals surface area contributed by atoms with E-state index >= 15 is 0 Å². The number of nitrogens with zero attached hydrogens (tertiary/aromatic N) is 4.